The molecule has 0 saturated heterocycles. The van der Waals surface area contributed by atoms with Crippen molar-refractivity contribution in [2.24, 2.45) is 0 Å². The topological polar surface area (TPSA) is 45.5 Å². The van der Waals surface area contributed by atoms with Crippen LogP contribution >= 0.6 is 0 Å². The van der Waals surface area contributed by atoms with Crippen molar-refractivity contribution in [1.82, 2.24) is 4.90 Å². The fraction of sp³-hybridized carbons (Fsp3) is 0.417. The van der Waals surface area contributed by atoms with E-state index in [1.165, 1.54) is 0 Å². The van der Waals surface area contributed by atoms with Crippen LogP contribution in [0.2, 0.25) is 0 Å². The van der Waals surface area contributed by atoms with Crippen molar-refractivity contribution in [1.29, 1.82) is 5.26 Å². The summed E-state index contributed by atoms with van der Waals surface area (Å²) in [7, 11) is 4.99. The third kappa shape index (κ3) is 2.37. The van der Waals surface area contributed by atoms with Crippen LogP contribution in [-0.2, 0) is 6.54 Å². The minimum Gasteiger partial charge on any atom is -0.496 e. The molecule has 0 radical (unpaired) electrons. The SMILES string of the molecule is COc1ccc(CN(C)C#N)c(OC)c1C. The lowest BCUT2D eigenvalue weighted by atomic mass is 10.1. The Morgan fingerprint density at radius 3 is 2.50 bits per heavy atom. The van der Waals surface area contributed by atoms with Crippen molar-refractivity contribution in [2.75, 3.05) is 21.3 Å². The zero-order chi connectivity index (χ0) is 12.1. The summed E-state index contributed by atoms with van der Waals surface area (Å²) in [4.78, 5) is 1.55. The normalized spacial score (nSPS) is 9.44. The number of nitrogens with zero attached hydrogens (tertiary/aromatic N) is 2. The number of hydrogen-bond donors (Lipinski definition) is 0. The van der Waals surface area contributed by atoms with Crippen molar-refractivity contribution in [3.8, 4) is 17.7 Å². The van der Waals surface area contributed by atoms with Crippen molar-refractivity contribution in [3.63, 3.8) is 0 Å². The van der Waals surface area contributed by atoms with Crippen LogP contribution in [0.3, 0.4) is 0 Å². The summed E-state index contributed by atoms with van der Waals surface area (Å²) in [6.07, 6.45) is 2.06. The Kier molecular flexibility index (Phi) is 4.01. The molecule has 0 aliphatic carbocycles. The highest BCUT2D eigenvalue weighted by molar-refractivity contribution is 5.49. The monoisotopic (exact) mass is 220 g/mol. The summed E-state index contributed by atoms with van der Waals surface area (Å²) in [5.41, 5.74) is 1.93. The second-order valence-electron chi connectivity index (χ2n) is 3.54. The smallest absolute Gasteiger partial charge is 0.179 e. The van der Waals surface area contributed by atoms with Gasteiger partial charge in [0.25, 0.3) is 0 Å². The molecule has 1 aromatic carbocycles. The Hall–Kier alpha value is -1.89. The number of rotatable bonds is 4. The lowest BCUT2D eigenvalue weighted by Gasteiger charge is -2.16. The van der Waals surface area contributed by atoms with E-state index < -0.39 is 0 Å². The maximum Gasteiger partial charge on any atom is 0.179 e. The third-order valence-corrected chi connectivity index (χ3v) is 2.44. The molecule has 0 amide bonds. The molecule has 86 valence electrons. The van der Waals surface area contributed by atoms with Gasteiger partial charge in [-0.1, -0.05) is 0 Å². The van der Waals surface area contributed by atoms with Gasteiger partial charge >= 0.3 is 0 Å². The highest BCUT2D eigenvalue weighted by atomic mass is 16.5. The van der Waals surface area contributed by atoms with Crippen LogP contribution in [0.25, 0.3) is 0 Å². The molecule has 0 N–H and O–H groups in total. The minimum atomic E-state index is 0.532. The molecule has 0 heterocycles. The number of methoxy groups -OCH3 is 2. The number of hydrogen-bond acceptors (Lipinski definition) is 4. The quantitative estimate of drug-likeness (QED) is 0.574. The molecule has 0 unspecified atom stereocenters. The summed E-state index contributed by atoms with van der Waals surface area (Å²) in [5, 5.41) is 8.74. The molecule has 0 aliphatic heterocycles. The maximum absolute atomic E-state index is 8.74. The summed E-state index contributed by atoms with van der Waals surface area (Å²) in [5.74, 6) is 1.57. The van der Waals surface area contributed by atoms with Gasteiger partial charge in [-0.05, 0) is 19.1 Å². The van der Waals surface area contributed by atoms with Gasteiger partial charge in [0.2, 0.25) is 0 Å². The van der Waals surface area contributed by atoms with Crippen LogP contribution in [-0.4, -0.2) is 26.2 Å². The van der Waals surface area contributed by atoms with E-state index in [4.69, 9.17) is 14.7 Å². The fourth-order valence-electron chi connectivity index (χ4n) is 1.65. The first-order valence-electron chi connectivity index (χ1n) is 4.95. The van der Waals surface area contributed by atoms with Crippen LogP contribution in [0, 0.1) is 18.4 Å². The molecule has 0 atom stereocenters. The molecule has 0 bridgehead atoms. The van der Waals surface area contributed by atoms with Gasteiger partial charge in [0.1, 0.15) is 11.5 Å². The second-order valence-corrected chi connectivity index (χ2v) is 3.54. The Morgan fingerprint density at radius 1 is 1.31 bits per heavy atom. The molecular formula is C12H16N2O2. The van der Waals surface area contributed by atoms with Gasteiger partial charge in [0, 0.05) is 18.2 Å². The van der Waals surface area contributed by atoms with Gasteiger partial charge in [0.05, 0.1) is 20.8 Å². The van der Waals surface area contributed by atoms with Gasteiger partial charge in [-0.2, -0.15) is 5.26 Å². The number of nitriles is 1. The van der Waals surface area contributed by atoms with Crippen LogP contribution in [0.15, 0.2) is 12.1 Å². The average Bonchev–Trinajstić information content (AvgIpc) is 2.29. The third-order valence-electron chi connectivity index (χ3n) is 2.44. The van der Waals surface area contributed by atoms with E-state index in [2.05, 4.69) is 6.19 Å². The molecule has 0 spiro atoms. The predicted octanol–water partition coefficient (Wildman–Crippen LogP) is 1.93. The van der Waals surface area contributed by atoms with E-state index in [1.54, 1.807) is 26.2 Å². The van der Waals surface area contributed by atoms with Gasteiger partial charge in [-0.25, -0.2) is 0 Å². The van der Waals surface area contributed by atoms with E-state index in [1.807, 2.05) is 19.1 Å². The summed E-state index contributed by atoms with van der Waals surface area (Å²) in [6.45, 7) is 2.47. The van der Waals surface area contributed by atoms with Crippen molar-refractivity contribution in [2.45, 2.75) is 13.5 Å². The lowest BCUT2D eigenvalue weighted by molar-refractivity contribution is 0.376. The van der Waals surface area contributed by atoms with E-state index in [0.29, 0.717) is 6.54 Å². The zero-order valence-corrected chi connectivity index (χ0v) is 10.1. The highest BCUT2D eigenvalue weighted by Crippen LogP contribution is 2.31. The number of benzene rings is 1. The molecule has 0 aromatic heterocycles. The van der Waals surface area contributed by atoms with Gasteiger partial charge in [-0.15, -0.1) is 0 Å². The van der Waals surface area contributed by atoms with Gasteiger partial charge in [-0.3, -0.25) is 0 Å². The second kappa shape index (κ2) is 5.26. The van der Waals surface area contributed by atoms with E-state index in [-0.39, 0.29) is 0 Å². The molecule has 0 fully saturated rings. The molecular weight excluding hydrogens is 204 g/mol. The molecule has 4 nitrogen and oxygen atoms in total. The van der Waals surface area contributed by atoms with E-state index >= 15 is 0 Å². The predicted molar refractivity (Wildman–Crippen MR) is 61.4 cm³/mol. The minimum absolute atomic E-state index is 0.532. The molecule has 1 aromatic rings. The Morgan fingerprint density at radius 2 is 2.00 bits per heavy atom. The van der Waals surface area contributed by atoms with Crippen LogP contribution in [0.5, 0.6) is 11.5 Å². The molecule has 16 heavy (non-hydrogen) atoms. The summed E-state index contributed by atoms with van der Waals surface area (Å²) in [6, 6.07) is 3.80. The summed E-state index contributed by atoms with van der Waals surface area (Å²) >= 11 is 0. The maximum atomic E-state index is 8.74. The Balaban J connectivity index is 3.11. The molecule has 4 heteroatoms. The standard InChI is InChI=1S/C12H16N2O2/c1-9-11(15-3)6-5-10(12(9)16-4)7-14(2)8-13/h5-6H,7H2,1-4H3. The van der Waals surface area contributed by atoms with Gasteiger partial charge in [0.15, 0.2) is 6.19 Å². The van der Waals surface area contributed by atoms with Crippen molar-refractivity contribution in [3.05, 3.63) is 23.3 Å². The van der Waals surface area contributed by atoms with E-state index in [0.717, 1.165) is 22.6 Å². The largest absolute Gasteiger partial charge is 0.496 e. The highest BCUT2D eigenvalue weighted by Gasteiger charge is 2.12. The van der Waals surface area contributed by atoms with Crippen LogP contribution in [0.1, 0.15) is 11.1 Å². The fourth-order valence-corrected chi connectivity index (χ4v) is 1.65. The molecule has 0 aliphatic rings. The lowest BCUT2D eigenvalue weighted by Crippen LogP contribution is -2.11. The molecule has 1 rings (SSSR count). The average molecular weight is 220 g/mol. The van der Waals surface area contributed by atoms with Crippen molar-refractivity contribution < 1.29 is 9.47 Å². The first-order chi connectivity index (χ1) is 7.63. The van der Waals surface area contributed by atoms with Crippen LogP contribution in [0.4, 0.5) is 0 Å². The van der Waals surface area contributed by atoms with Gasteiger partial charge < -0.3 is 14.4 Å². The Bertz CT molecular complexity index is 410. The summed E-state index contributed by atoms with van der Waals surface area (Å²) < 4.78 is 10.6. The Labute approximate surface area is 96.0 Å². The zero-order valence-electron chi connectivity index (χ0n) is 10.1. The first kappa shape index (κ1) is 12.2. The number of ether oxygens (including phenoxy) is 2. The van der Waals surface area contributed by atoms with Crippen molar-refractivity contribution >= 4 is 0 Å². The van der Waals surface area contributed by atoms with Crippen LogP contribution < -0.4 is 9.47 Å². The van der Waals surface area contributed by atoms with E-state index in [9.17, 15) is 0 Å². The molecule has 0 saturated carbocycles. The first-order valence-corrected chi connectivity index (χ1v) is 4.95.